The van der Waals surface area contributed by atoms with Crippen LogP contribution in [0.15, 0.2) is 78.9 Å². The fourth-order valence-electron chi connectivity index (χ4n) is 2.41. The second-order valence-corrected chi connectivity index (χ2v) is 4.64. The van der Waals surface area contributed by atoms with Crippen molar-refractivity contribution in [3.8, 4) is 0 Å². The smallest absolute Gasteiger partial charge is 0.00561 e. The summed E-state index contributed by atoms with van der Waals surface area (Å²) in [7, 11) is 0. The number of rotatable bonds is 2. The van der Waals surface area contributed by atoms with Gasteiger partial charge in [-0.25, -0.2) is 0 Å². The van der Waals surface area contributed by atoms with Gasteiger partial charge in [0.25, 0.3) is 0 Å². The SMILES string of the molecule is C1=CC(c2ccccc2)CC=C1c1ccccc1. The lowest BCUT2D eigenvalue weighted by Gasteiger charge is -2.16. The third-order valence-electron chi connectivity index (χ3n) is 3.43. The molecular weight excluding hydrogens is 216 g/mol. The van der Waals surface area contributed by atoms with Crippen LogP contribution in [-0.4, -0.2) is 0 Å². The van der Waals surface area contributed by atoms with Crippen LogP contribution in [-0.2, 0) is 0 Å². The van der Waals surface area contributed by atoms with Crippen molar-refractivity contribution >= 4 is 5.57 Å². The predicted molar refractivity (Wildman–Crippen MR) is 77.4 cm³/mol. The summed E-state index contributed by atoms with van der Waals surface area (Å²) in [5, 5.41) is 0. The van der Waals surface area contributed by atoms with Gasteiger partial charge in [0.05, 0.1) is 0 Å². The minimum absolute atomic E-state index is 0.527. The Balaban J connectivity index is 1.79. The van der Waals surface area contributed by atoms with Gasteiger partial charge in [-0.15, -0.1) is 0 Å². The third kappa shape index (κ3) is 2.28. The van der Waals surface area contributed by atoms with Gasteiger partial charge in [-0.05, 0) is 23.1 Å². The molecule has 0 aliphatic heterocycles. The molecule has 0 spiro atoms. The van der Waals surface area contributed by atoms with E-state index in [2.05, 4.69) is 78.9 Å². The minimum Gasteiger partial charge on any atom is -0.0761 e. The van der Waals surface area contributed by atoms with Gasteiger partial charge >= 0.3 is 0 Å². The molecule has 1 atom stereocenters. The molecule has 1 unspecified atom stereocenters. The van der Waals surface area contributed by atoms with Crippen molar-refractivity contribution in [2.24, 2.45) is 0 Å². The standard InChI is InChI=1S/C18H16/c1-3-7-15(8-4-1)17-11-13-18(14-12-17)16-9-5-2-6-10-16/h1-13,18H,14H2. The Bertz CT molecular complexity index is 562. The lowest BCUT2D eigenvalue weighted by Crippen LogP contribution is -1.98. The van der Waals surface area contributed by atoms with Gasteiger partial charge in [0.2, 0.25) is 0 Å². The highest BCUT2D eigenvalue weighted by Crippen LogP contribution is 2.30. The van der Waals surface area contributed by atoms with E-state index in [9.17, 15) is 0 Å². The molecular formula is C18H16. The molecule has 88 valence electrons. The Kier molecular flexibility index (Phi) is 3.10. The summed E-state index contributed by atoms with van der Waals surface area (Å²) in [6.07, 6.45) is 7.99. The van der Waals surface area contributed by atoms with E-state index in [0.29, 0.717) is 5.92 Å². The Labute approximate surface area is 108 Å². The minimum atomic E-state index is 0.527. The van der Waals surface area contributed by atoms with Crippen LogP contribution in [0.2, 0.25) is 0 Å². The first-order valence-corrected chi connectivity index (χ1v) is 6.42. The summed E-state index contributed by atoms with van der Waals surface area (Å²) in [6, 6.07) is 21.3. The van der Waals surface area contributed by atoms with E-state index in [1.54, 1.807) is 0 Å². The topological polar surface area (TPSA) is 0 Å². The van der Waals surface area contributed by atoms with Crippen molar-refractivity contribution in [1.82, 2.24) is 0 Å². The Morgan fingerprint density at radius 3 is 2.06 bits per heavy atom. The van der Waals surface area contributed by atoms with Crippen molar-refractivity contribution in [1.29, 1.82) is 0 Å². The first-order valence-electron chi connectivity index (χ1n) is 6.42. The molecule has 0 amide bonds. The maximum absolute atomic E-state index is 2.34. The van der Waals surface area contributed by atoms with Crippen LogP contribution in [0.1, 0.15) is 23.5 Å². The van der Waals surface area contributed by atoms with E-state index in [4.69, 9.17) is 0 Å². The highest BCUT2D eigenvalue weighted by molar-refractivity contribution is 5.75. The normalized spacial score (nSPS) is 18.4. The summed E-state index contributed by atoms with van der Waals surface area (Å²) in [4.78, 5) is 0. The molecule has 0 fully saturated rings. The molecule has 0 saturated carbocycles. The molecule has 1 aliphatic carbocycles. The van der Waals surface area contributed by atoms with Crippen molar-refractivity contribution in [2.45, 2.75) is 12.3 Å². The summed E-state index contributed by atoms with van der Waals surface area (Å²) in [6.45, 7) is 0. The van der Waals surface area contributed by atoms with Gasteiger partial charge in [-0.2, -0.15) is 0 Å². The summed E-state index contributed by atoms with van der Waals surface area (Å²) in [5.74, 6) is 0.527. The average Bonchev–Trinajstić information content (AvgIpc) is 2.49. The van der Waals surface area contributed by atoms with E-state index in [1.165, 1.54) is 16.7 Å². The molecule has 3 rings (SSSR count). The molecule has 0 radical (unpaired) electrons. The van der Waals surface area contributed by atoms with Crippen molar-refractivity contribution in [2.75, 3.05) is 0 Å². The molecule has 18 heavy (non-hydrogen) atoms. The number of benzene rings is 2. The Morgan fingerprint density at radius 1 is 0.778 bits per heavy atom. The fraction of sp³-hybridized carbons (Fsp3) is 0.111. The fourth-order valence-corrected chi connectivity index (χ4v) is 2.41. The summed E-state index contributed by atoms with van der Waals surface area (Å²) in [5.41, 5.74) is 4.04. The molecule has 0 heteroatoms. The van der Waals surface area contributed by atoms with Crippen LogP contribution in [0.3, 0.4) is 0 Å². The van der Waals surface area contributed by atoms with Gasteiger partial charge in [0, 0.05) is 5.92 Å². The Morgan fingerprint density at radius 2 is 1.44 bits per heavy atom. The van der Waals surface area contributed by atoms with E-state index in [-0.39, 0.29) is 0 Å². The van der Waals surface area contributed by atoms with Crippen molar-refractivity contribution in [3.63, 3.8) is 0 Å². The first-order chi connectivity index (χ1) is 8.93. The molecule has 0 aromatic heterocycles. The van der Waals surface area contributed by atoms with Gasteiger partial charge in [0.15, 0.2) is 0 Å². The second kappa shape index (κ2) is 5.05. The largest absolute Gasteiger partial charge is 0.0761 e. The summed E-state index contributed by atoms with van der Waals surface area (Å²) >= 11 is 0. The van der Waals surface area contributed by atoms with Crippen LogP contribution >= 0.6 is 0 Å². The molecule has 2 aromatic rings. The zero-order valence-corrected chi connectivity index (χ0v) is 10.3. The van der Waals surface area contributed by atoms with Crippen LogP contribution in [0.4, 0.5) is 0 Å². The zero-order chi connectivity index (χ0) is 12.2. The van der Waals surface area contributed by atoms with E-state index < -0.39 is 0 Å². The number of allylic oxidation sites excluding steroid dienone is 4. The van der Waals surface area contributed by atoms with Crippen LogP contribution in [0, 0.1) is 0 Å². The molecule has 0 nitrogen and oxygen atoms in total. The van der Waals surface area contributed by atoms with Gasteiger partial charge in [-0.1, -0.05) is 78.9 Å². The maximum Gasteiger partial charge on any atom is 0.00561 e. The molecule has 0 bridgehead atoms. The monoisotopic (exact) mass is 232 g/mol. The molecule has 0 heterocycles. The van der Waals surface area contributed by atoms with Crippen LogP contribution in [0.5, 0.6) is 0 Å². The van der Waals surface area contributed by atoms with Crippen molar-refractivity contribution in [3.05, 3.63) is 90.0 Å². The van der Waals surface area contributed by atoms with E-state index in [0.717, 1.165) is 6.42 Å². The average molecular weight is 232 g/mol. The van der Waals surface area contributed by atoms with Gasteiger partial charge in [0.1, 0.15) is 0 Å². The number of hydrogen-bond donors (Lipinski definition) is 0. The predicted octanol–water partition coefficient (Wildman–Crippen LogP) is 4.81. The zero-order valence-electron chi connectivity index (χ0n) is 10.3. The third-order valence-corrected chi connectivity index (χ3v) is 3.43. The highest BCUT2D eigenvalue weighted by Gasteiger charge is 2.11. The molecule has 0 N–H and O–H groups in total. The first kappa shape index (κ1) is 11.0. The van der Waals surface area contributed by atoms with Gasteiger partial charge < -0.3 is 0 Å². The molecule has 1 aliphatic rings. The lowest BCUT2D eigenvalue weighted by atomic mass is 9.88. The van der Waals surface area contributed by atoms with Gasteiger partial charge in [-0.3, -0.25) is 0 Å². The molecule has 0 saturated heterocycles. The summed E-state index contributed by atoms with van der Waals surface area (Å²) < 4.78 is 0. The van der Waals surface area contributed by atoms with Crippen LogP contribution < -0.4 is 0 Å². The van der Waals surface area contributed by atoms with Crippen molar-refractivity contribution < 1.29 is 0 Å². The van der Waals surface area contributed by atoms with E-state index >= 15 is 0 Å². The lowest BCUT2D eigenvalue weighted by molar-refractivity contribution is 0.856. The Hall–Kier alpha value is -2.08. The molecule has 2 aromatic carbocycles. The number of hydrogen-bond acceptors (Lipinski definition) is 0. The van der Waals surface area contributed by atoms with Crippen LogP contribution in [0.25, 0.3) is 5.57 Å². The second-order valence-electron chi connectivity index (χ2n) is 4.64. The van der Waals surface area contributed by atoms with E-state index in [1.807, 2.05) is 0 Å². The maximum atomic E-state index is 2.34. The quantitative estimate of drug-likeness (QED) is 0.696. The highest BCUT2D eigenvalue weighted by atomic mass is 14.2.